The lowest BCUT2D eigenvalue weighted by atomic mass is 10.3. The van der Waals surface area contributed by atoms with Gasteiger partial charge in [0, 0.05) is 11.0 Å². The summed E-state index contributed by atoms with van der Waals surface area (Å²) in [5.74, 6) is 0.778. The van der Waals surface area contributed by atoms with Gasteiger partial charge in [-0.25, -0.2) is 4.98 Å². The number of thiophene rings is 1. The molecule has 0 bridgehead atoms. The van der Waals surface area contributed by atoms with E-state index in [9.17, 15) is 4.79 Å². The van der Waals surface area contributed by atoms with Crippen molar-refractivity contribution in [1.29, 1.82) is 0 Å². The van der Waals surface area contributed by atoms with Gasteiger partial charge < -0.3 is 9.88 Å². The van der Waals surface area contributed by atoms with Crippen LogP contribution in [0.3, 0.4) is 0 Å². The van der Waals surface area contributed by atoms with Gasteiger partial charge in [0.2, 0.25) is 0 Å². The van der Waals surface area contributed by atoms with Gasteiger partial charge in [-0.15, -0.1) is 11.3 Å². The molecule has 2 aromatic heterocycles. The van der Waals surface area contributed by atoms with Crippen LogP contribution in [-0.4, -0.2) is 15.5 Å². The summed E-state index contributed by atoms with van der Waals surface area (Å²) in [6.07, 6.45) is 0. The maximum atomic E-state index is 12.4. The molecule has 0 saturated heterocycles. The Kier molecular flexibility index (Phi) is 4.89. The Hall–Kier alpha value is -1.18. The van der Waals surface area contributed by atoms with E-state index in [1.165, 1.54) is 11.3 Å². The number of aryl methyl sites for hydroxylation is 1. The Balaban J connectivity index is 1.88. The average molecular weight is 457 g/mol. The van der Waals surface area contributed by atoms with Gasteiger partial charge in [-0.05, 0) is 63.9 Å². The van der Waals surface area contributed by atoms with E-state index in [-0.39, 0.29) is 11.9 Å². The van der Waals surface area contributed by atoms with Crippen molar-refractivity contribution in [3.05, 3.63) is 49.3 Å². The molecule has 0 aliphatic heterocycles. The van der Waals surface area contributed by atoms with Crippen LogP contribution >= 0.6 is 43.2 Å². The van der Waals surface area contributed by atoms with Gasteiger partial charge in [0.15, 0.2) is 0 Å². The zero-order valence-electron chi connectivity index (χ0n) is 12.6. The molecule has 1 atom stereocenters. The molecule has 3 aromatic rings. The van der Waals surface area contributed by atoms with Crippen LogP contribution in [0, 0.1) is 0 Å². The van der Waals surface area contributed by atoms with Crippen molar-refractivity contribution in [3.8, 4) is 0 Å². The third-order valence-electron chi connectivity index (χ3n) is 3.60. The second-order valence-electron chi connectivity index (χ2n) is 5.13. The minimum absolute atomic E-state index is 0.0939. The van der Waals surface area contributed by atoms with Crippen LogP contribution in [0.1, 0.15) is 35.4 Å². The quantitative estimate of drug-likeness (QED) is 0.591. The Bertz CT molecular complexity index is 852. The minimum Gasteiger partial charge on any atom is -0.342 e. The van der Waals surface area contributed by atoms with Crippen LogP contribution in [0.4, 0.5) is 0 Å². The summed E-state index contributed by atoms with van der Waals surface area (Å²) in [4.78, 5) is 17.8. The minimum atomic E-state index is -0.172. The highest BCUT2D eigenvalue weighted by molar-refractivity contribution is 9.13. The second-order valence-corrected chi connectivity index (χ2v) is 8.35. The number of rotatable bonds is 4. The summed E-state index contributed by atoms with van der Waals surface area (Å²) in [5, 5.41) is 3.04. The van der Waals surface area contributed by atoms with Gasteiger partial charge in [0.1, 0.15) is 5.82 Å². The fourth-order valence-corrected chi connectivity index (χ4v) is 4.49. The number of imidazole rings is 1. The number of benzene rings is 1. The molecule has 1 amide bonds. The summed E-state index contributed by atoms with van der Waals surface area (Å²) in [6, 6.07) is 9.67. The van der Waals surface area contributed by atoms with E-state index in [1.807, 2.05) is 31.2 Å². The Labute approximate surface area is 155 Å². The van der Waals surface area contributed by atoms with Crippen molar-refractivity contribution in [3.63, 3.8) is 0 Å². The highest BCUT2D eigenvalue weighted by Crippen LogP contribution is 2.32. The fraction of sp³-hybridized carbons (Fsp3) is 0.250. The van der Waals surface area contributed by atoms with Gasteiger partial charge in [0.25, 0.3) is 5.91 Å². The number of carbonyl (C=O) groups excluding carboxylic acids is 1. The molecule has 3 rings (SSSR count). The summed E-state index contributed by atoms with van der Waals surface area (Å²) in [7, 11) is 0. The maximum Gasteiger partial charge on any atom is 0.262 e. The van der Waals surface area contributed by atoms with Crippen LogP contribution in [0.25, 0.3) is 11.0 Å². The highest BCUT2D eigenvalue weighted by atomic mass is 79.9. The number of para-hydroxylation sites is 2. The zero-order valence-corrected chi connectivity index (χ0v) is 16.6. The molecule has 1 unspecified atom stereocenters. The topological polar surface area (TPSA) is 46.9 Å². The SMILES string of the molecule is CCn1c(C(C)NC(=O)c2cc(Br)c(Br)s2)nc2ccccc21. The predicted molar refractivity (Wildman–Crippen MR) is 101 cm³/mol. The van der Waals surface area contributed by atoms with E-state index in [0.29, 0.717) is 4.88 Å². The summed E-state index contributed by atoms with van der Waals surface area (Å²) in [6.45, 7) is 4.86. The number of nitrogens with zero attached hydrogens (tertiary/aromatic N) is 2. The summed E-state index contributed by atoms with van der Waals surface area (Å²) in [5.41, 5.74) is 2.04. The first-order valence-corrected chi connectivity index (χ1v) is 9.62. The van der Waals surface area contributed by atoms with Crippen molar-refractivity contribution < 1.29 is 4.79 Å². The molecule has 0 spiro atoms. The zero-order chi connectivity index (χ0) is 16.6. The first-order valence-electron chi connectivity index (χ1n) is 7.22. The van der Waals surface area contributed by atoms with Crippen LogP contribution in [0.2, 0.25) is 0 Å². The van der Waals surface area contributed by atoms with E-state index in [4.69, 9.17) is 0 Å². The molecule has 23 heavy (non-hydrogen) atoms. The Morgan fingerprint density at radius 3 is 2.78 bits per heavy atom. The van der Waals surface area contributed by atoms with E-state index in [0.717, 1.165) is 31.7 Å². The van der Waals surface area contributed by atoms with Crippen molar-refractivity contribution in [1.82, 2.24) is 14.9 Å². The van der Waals surface area contributed by atoms with E-state index in [2.05, 4.69) is 59.7 Å². The van der Waals surface area contributed by atoms with Gasteiger partial charge >= 0.3 is 0 Å². The number of hydrogen-bond donors (Lipinski definition) is 1. The molecule has 2 heterocycles. The van der Waals surface area contributed by atoms with Crippen LogP contribution in [0.15, 0.2) is 38.6 Å². The molecular weight excluding hydrogens is 442 g/mol. The van der Waals surface area contributed by atoms with Crippen molar-refractivity contribution >= 4 is 60.1 Å². The summed E-state index contributed by atoms with van der Waals surface area (Å²) >= 11 is 8.23. The van der Waals surface area contributed by atoms with Gasteiger partial charge in [-0.2, -0.15) is 0 Å². The molecule has 1 N–H and O–H groups in total. The third-order valence-corrected chi connectivity index (χ3v) is 6.86. The molecule has 0 fully saturated rings. The highest BCUT2D eigenvalue weighted by Gasteiger charge is 2.19. The van der Waals surface area contributed by atoms with Crippen LogP contribution in [0.5, 0.6) is 0 Å². The normalized spacial score (nSPS) is 12.5. The predicted octanol–water partition coefficient (Wildman–Crippen LogP) is 5.13. The van der Waals surface area contributed by atoms with Gasteiger partial charge in [0.05, 0.1) is 25.7 Å². The van der Waals surface area contributed by atoms with Gasteiger partial charge in [-0.3, -0.25) is 4.79 Å². The number of nitrogens with one attached hydrogen (secondary N) is 1. The average Bonchev–Trinajstić information content (AvgIpc) is 3.07. The van der Waals surface area contributed by atoms with E-state index >= 15 is 0 Å². The van der Waals surface area contributed by atoms with Crippen molar-refractivity contribution in [2.45, 2.75) is 26.4 Å². The first-order chi connectivity index (χ1) is 11.0. The monoisotopic (exact) mass is 455 g/mol. The standard InChI is InChI=1S/C16H15Br2N3OS/c1-3-21-12-7-5-4-6-11(12)20-15(21)9(2)19-16(22)13-8-10(17)14(18)23-13/h4-9H,3H2,1-2H3,(H,19,22). The molecule has 4 nitrogen and oxygen atoms in total. The van der Waals surface area contributed by atoms with E-state index < -0.39 is 0 Å². The van der Waals surface area contributed by atoms with E-state index in [1.54, 1.807) is 0 Å². The molecule has 120 valence electrons. The summed E-state index contributed by atoms with van der Waals surface area (Å²) < 4.78 is 3.94. The number of amides is 1. The lowest BCUT2D eigenvalue weighted by Gasteiger charge is -2.14. The van der Waals surface area contributed by atoms with Gasteiger partial charge in [-0.1, -0.05) is 12.1 Å². The largest absolute Gasteiger partial charge is 0.342 e. The number of halogens is 2. The van der Waals surface area contributed by atoms with Crippen molar-refractivity contribution in [2.24, 2.45) is 0 Å². The lowest BCUT2D eigenvalue weighted by Crippen LogP contribution is -2.28. The molecular formula is C16H15Br2N3OS. The second kappa shape index (κ2) is 6.75. The Morgan fingerprint density at radius 1 is 1.39 bits per heavy atom. The van der Waals surface area contributed by atoms with Crippen molar-refractivity contribution in [2.75, 3.05) is 0 Å². The number of carbonyl (C=O) groups is 1. The molecule has 7 heteroatoms. The molecule has 0 saturated carbocycles. The van der Waals surface area contributed by atoms with Crippen LogP contribution in [-0.2, 0) is 6.54 Å². The maximum absolute atomic E-state index is 12.4. The number of aromatic nitrogens is 2. The smallest absolute Gasteiger partial charge is 0.262 e. The Morgan fingerprint density at radius 2 is 2.13 bits per heavy atom. The first kappa shape index (κ1) is 16.7. The van der Waals surface area contributed by atoms with Crippen LogP contribution < -0.4 is 5.32 Å². The lowest BCUT2D eigenvalue weighted by molar-refractivity contribution is 0.0942. The number of hydrogen-bond acceptors (Lipinski definition) is 3. The number of fused-ring (bicyclic) bond motifs is 1. The molecule has 0 radical (unpaired) electrons. The molecule has 1 aromatic carbocycles. The third kappa shape index (κ3) is 3.22. The molecule has 0 aliphatic carbocycles. The fourth-order valence-electron chi connectivity index (χ4n) is 2.55. The molecule has 0 aliphatic rings.